The Morgan fingerprint density at radius 3 is 2.62 bits per heavy atom. The average molecular weight is 378 g/mol. The Balaban J connectivity index is 1.63. The third-order valence-corrected chi connectivity index (χ3v) is 6.20. The van der Waals surface area contributed by atoms with Gasteiger partial charge in [-0.1, -0.05) is 12.1 Å². The van der Waals surface area contributed by atoms with Crippen LogP contribution >= 0.6 is 0 Å². The van der Waals surface area contributed by atoms with E-state index in [0.717, 1.165) is 18.7 Å². The van der Waals surface area contributed by atoms with Crippen LogP contribution in [-0.4, -0.2) is 54.2 Å². The van der Waals surface area contributed by atoms with Crippen molar-refractivity contribution in [2.24, 2.45) is 5.92 Å². The maximum Gasteiger partial charge on any atom is 0.240 e. The molecule has 1 unspecified atom stereocenters. The standard InChI is InChI=1S/C18H26N4O3S/c1-21(2)11-14-3-5-16(6-4-14)26(24,25)20-17-9-15(10-18(17)23)12-22-8-7-19-13-22/h3-8,13,15,17-18,20,23H,9-12H2,1-2H3/t15?,17-,18-/m1/s1. The lowest BCUT2D eigenvalue weighted by atomic mass is 10.1. The molecule has 2 N–H and O–H groups in total. The monoisotopic (exact) mass is 378 g/mol. The van der Waals surface area contributed by atoms with Crippen LogP contribution in [0.3, 0.4) is 0 Å². The van der Waals surface area contributed by atoms with E-state index in [4.69, 9.17) is 0 Å². The lowest BCUT2D eigenvalue weighted by Crippen LogP contribution is -2.39. The summed E-state index contributed by atoms with van der Waals surface area (Å²) in [4.78, 5) is 6.26. The summed E-state index contributed by atoms with van der Waals surface area (Å²) in [7, 11) is 0.282. The lowest BCUT2D eigenvalue weighted by Gasteiger charge is -2.17. The Morgan fingerprint density at radius 2 is 2.00 bits per heavy atom. The minimum Gasteiger partial charge on any atom is -0.391 e. The third kappa shape index (κ3) is 4.70. The van der Waals surface area contributed by atoms with Crippen molar-refractivity contribution in [3.05, 3.63) is 48.5 Å². The van der Waals surface area contributed by atoms with Crippen LogP contribution in [0.25, 0.3) is 0 Å². The van der Waals surface area contributed by atoms with Gasteiger partial charge in [-0.2, -0.15) is 0 Å². The number of aliphatic hydroxyl groups is 1. The van der Waals surface area contributed by atoms with Gasteiger partial charge in [0.25, 0.3) is 0 Å². The number of hydrogen-bond acceptors (Lipinski definition) is 5. The Bertz CT molecular complexity index is 803. The van der Waals surface area contributed by atoms with E-state index in [2.05, 4.69) is 9.71 Å². The summed E-state index contributed by atoms with van der Waals surface area (Å²) in [6.07, 6.45) is 5.83. The summed E-state index contributed by atoms with van der Waals surface area (Å²) >= 11 is 0. The van der Waals surface area contributed by atoms with Gasteiger partial charge in [0, 0.05) is 31.5 Å². The van der Waals surface area contributed by atoms with Crippen molar-refractivity contribution in [3.63, 3.8) is 0 Å². The number of hydrogen-bond donors (Lipinski definition) is 2. The number of benzene rings is 1. The van der Waals surface area contributed by atoms with Crippen LogP contribution in [0.4, 0.5) is 0 Å². The molecule has 3 rings (SSSR count). The van der Waals surface area contributed by atoms with Crippen molar-refractivity contribution in [3.8, 4) is 0 Å². The zero-order valence-corrected chi connectivity index (χ0v) is 15.9. The van der Waals surface area contributed by atoms with E-state index < -0.39 is 22.2 Å². The zero-order valence-electron chi connectivity index (χ0n) is 15.1. The Kier molecular flexibility index (Phi) is 5.76. The lowest BCUT2D eigenvalue weighted by molar-refractivity contribution is 0.155. The fraction of sp³-hybridized carbons (Fsp3) is 0.500. The Hall–Kier alpha value is -1.74. The summed E-state index contributed by atoms with van der Waals surface area (Å²) in [5.41, 5.74) is 1.05. The van der Waals surface area contributed by atoms with Crippen LogP contribution in [0.1, 0.15) is 18.4 Å². The molecule has 142 valence electrons. The highest BCUT2D eigenvalue weighted by molar-refractivity contribution is 7.89. The molecule has 1 saturated carbocycles. The van der Waals surface area contributed by atoms with E-state index in [1.54, 1.807) is 24.7 Å². The molecule has 0 amide bonds. The van der Waals surface area contributed by atoms with Gasteiger partial charge in [-0.15, -0.1) is 0 Å². The van der Waals surface area contributed by atoms with Gasteiger partial charge in [0.15, 0.2) is 0 Å². The van der Waals surface area contributed by atoms with Crippen molar-refractivity contribution in [1.29, 1.82) is 0 Å². The fourth-order valence-corrected chi connectivity index (χ4v) is 4.78. The topological polar surface area (TPSA) is 87.5 Å². The molecule has 0 bridgehead atoms. The normalized spacial score (nSPS) is 23.6. The molecule has 0 spiro atoms. The van der Waals surface area contributed by atoms with Gasteiger partial charge in [0.05, 0.1) is 17.3 Å². The largest absolute Gasteiger partial charge is 0.391 e. The third-order valence-electron chi connectivity index (χ3n) is 4.69. The van der Waals surface area contributed by atoms with E-state index in [9.17, 15) is 13.5 Å². The molecule has 3 atom stereocenters. The number of imidazole rings is 1. The molecule has 7 nitrogen and oxygen atoms in total. The first kappa shape index (κ1) is 19.0. The quantitative estimate of drug-likeness (QED) is 0.752. The van der Waals surface area contributed by atoms with Gasteiger partial charge in [0.2, 0.25) is 10.0 Å². The summed E-state index contributed by atoms with van der Waals surface area (Å²) in [5, 5.41) is 10.3. The maximum atomic E-state index is 12.6. The van der Waals surface area contributed by atoms with Crippen LogP contribution in [0, 0.1) is 5.92 Å². The van der Waals surface area contributed by atoms with E-state index >= 15 is 0 Å². The minimum absolute atomic E-state index is 0.217. The Labute approximate surface area is 154 Å². The molecular formula is C18H26N4O3S. The van der Waals surface area contributed by atoms with E-state index in [0.29, 0.717) is 12.8 Å². The van der Waals surface area contributed by atoms with Gasteiger partial charge < -0.3 is 14.6 Å². The number of aliphatic hydroxyl groups excluding tert-OH is 1. The molecule has 26 heavy (non-hydrogen) atoms. The SMILES string of the molecule is CN(C)Cc1ccc(S(=O)(=O)N[C@@H]2CC(Cn3ccnc3)C[C@H]2O)cc1. The van der Waals surface area contributed by atoms with E-state index in [1.807, 2.05) is 41.9 Å². The summed E-state index contributed by atoms with van der Waals surface area (Å²) < 4.78 is 29.9. The van der Waals surface area contributed by atoms with Crippen LogP contribution < -0.4 is 4.72 Å². The first-order valence-electron chi connectivity index (χ1n) is 8.73. The first-order chi connectivity index (χ1) is 12.3. The molecule has 0 radical (unpaired) electrons. The number of nitrogens with zero attached hydrogens (tertiary/aromatic N) is 3. The van der Waals surface area contributed by atoms with Gasteiger partial charge in [0.1, 0.15) is 0 Å². The molecule has 1 heterocycles. The van der Waals surface area contributed by atoms with E-state index in [1.165, 1.54) is 0 Å². The number of aromatic nitrogens is 2. The summed E-state index contributed by atoms with van der Waals surface area (Å²) in [6.45, 7) is 1.49. The van der Waals surface area contributed by atoms with Crippen LogP contribution in [-0.2, 0) is 23.1 Å². The average Bonchev–Trinajstić information content (AvgIpc) is 3.18. The number of nitrogens with one attached hydrogen (secondary N) is 1. The maximum absolute atomic E-state index is 12.6. The van der Waals surface area contributed by atoms with Gasteiger partial charge in [-0.25, -0.2) is 18.1 Å². The Morgan fingerprint density at radius 1 is 1.27 bits per heavy atom. The smallest absolute Gasteiger partial charge is 0.240 e. The van der Waals surface area contributed by atoms with Crippen LogP contribution in [0.15, 0.2) is 47.9 Å². The number of sulfonamides is 1. The first-order valence-corrected chi connectivity index (χ1v) is 10.2. The summed E-state index contributed by atoms with van der Waals surface area (Å²) in [6, 6.07) is 6.41. The highest BCUT2D eigenvalue weighted by Crippen LogP contribution is 2.28. The fourth-order valence-electron chi connectivity index (χ4n) is 3.49. The van der Waals surface area contributed by atoms with Gasteiger partial charge in [-0.05, 0) is 50.6 Å². The molecule has 1 aliphatic rings. The van der Waals surface area contributed by atoms with Crippen molar-refractivity contribution in [1.82, 2.24) is 19.2 Å². The van der Waals surface area contributed by atoms with E-state index in [-0.39, 0.29) is 10.8 Å². The number of rotatable bonds is 7. The van der Waals surface area contributed by atoms with Crippen molar-refractivity contribution >= 4 is 10.0 Å². The second-order valence-electron chi connectivity index (χ2n) is 7.27. The molecule has 2 aromatic rings. The molecule has 1 aromatic carbocycles. The van der Waals surface area contributed by atoms with Crippen molar-refractivity contribution in [2.75, 3.05) is 14.1 Å². The predicted octanol–water partition coefficient (Wildman–Crippen LogP) is 1.06. The highest BCUT2D eigenvalue weighted by Gasteiger charge is 2.35. The molecule has 1 aromatic heterocycles. The molecule has 8 heteroatoms. The molecule has 1 fully saturated rings. The van der Waals surface area contributed by atoms with Crippen LogP contribution in [0.2, 0.25) is 0 Å². The minimum atomic E-state index is -3.65. The second-order valence-corrected chi connectivity index (χ2v) is 8.99. The molecule has 0 aliphatic heterocycles. The second kappa shape index (κ2) is 7.87. The highest BCUT2D eigenvalue weighted by atomic mass is 32.2. The van der Waals surface area contributed by atoms with Crippen molar-refractivity contribution < 1.29 is 13.5 Å². The van der Waals surface area contributed by atoms with Crippen molar-refractivity contribution in [2.45, 2.75) is 43.0 Å². The van der Waals surface area contributed by atoms with Crippen LogP contribution in [0.5, 0.6) is 0 Å². The molecule has 0 saturated heterocycles. The molecule has 1 aliphatic carbocycles. The van der Waals surface area contributed by atoms with Gasteiger partial charge >= 0.3 is 0 Å². The zero-order chi connectivity index (χ0) is 18.7. The van der Waals surface area contributed by atoms with Gasteiger partial charge in [-0.3, -0.25) is 0 Å². The molecular weight excluding hydrogens is 352 g/mol. The predicted molar refractivity (Wildman–Crippen MR) is 98.9 cm³/mol. The summed E-state index contributed by atoms with van der Waals surface area (Å²) in [5.74, 6) is 0.217.